The molecule has 0 bridgehead atoms. The molecule has 1 aliphatic carbocycles. The number of hydrogen-bond donors (Lipinski definition) is 0. The van der Waals surface area contributed by atoms with E-state index in [2.05, 4.69) is 9.80 Å². The van der Waals surface area contributed by atoms with Gasteiger partial charge < -0.3 is 9.64 Å². The van der Waals surface area contributed by atoms with E-state index in [9.17, 15) is 9.18 Å². The van der Waals surface area contributed by atoms with Gasteiger partial charge in [0.05, 0.1) is 0 Å². The first-order valence-corrected chi connectivity index (χ1v) is 11.1. The second-order valence-electron chi connectivity index (χ2n) is 8.67. The van der Waals surface area contributed by atoms with Gasteiger partial charge in [0, 0.05) is 38.1 Å². The maximum absolute atomic E-state index is 13.8. The first-order chi connectivity index (χ1) is 13.7. The van der Waals surface area contributed by atoms with Crippen LogP contribution in [0.1, 0.15) is 57.8 Å². The van der Waals surface area contributed by atoms with Gasteiger partial charge in [-0.15, -0.1) is 0 Å². The van der Waals surface area contributed by atoms with Crippen molar-refractivity contribution in [1.29, 1.82) is 0 Å². The summed E-state index contributed by atoms with van der Waals surface area (Å²) < 4.78 is 19.7. The van der Waals surface area contributed by atoms with Crippen molar-refractivity contribution in [3.8, 4) is 5.75 Å². The lowest BCUT2D eigenvalue weighted by atomic mass is 9.87. The van der Waals surface area contributed by atoms with Crippen molar-refractivity contribution in [2.45, 2.75) is 69.9 Å². The minimum Gasteiger partial charge on any atom is -0.487 e. The Hall–Kier alpha value is -1.62. The van der Waals surface area contributed by atoms with Crippen LogP contribution >= 0.6 is 0 Å². The Morgan fingerprint density at radius 1 is 0.893 bits per heavy atom. The molecular formula is C23H33FN2O2. The third-order valence-electron chi connectivity index (χ3n) is 6.85. The predicted octanol–water partition coefficient (Wildman–Crippen LogP) is 4.24. The highest BCUT2D eigenvalue weighted by Gasteiger charge is 2.32. The standard InChI is InChI=1S/C23H33FN2O2/c24-21-8-4-5-9-22(21)28-20-12-16-25(17-13-20)19-10-14-26(15-11-19)23(27)18-6-2-1-3-7-18/h4-5,8-9,18-20H,1-3,6-7,10-17H2. The van der Waals surface area contributed by atoms with Crippen LogP contribution in [0.25, 0.3) is 0 Å². The quantitative estimate of drug-likeness (QED) is 0.773. The molecule has 0 N–H and O–H groups in total. The summed E-state index contributed by atoms with van der Waals surface area (Å²) in [5, 5.41) is 0. The number of likely N-dealkylation sites (tertiary alicyclic amines) is 2. The number of carbonyl (C=O) groups is 1. The molecule has 1 aromatic carbocycles. The fourth-order valence-corrected chi connectivity index (χ4v) is 5.14. The molecule has 2 aliphatic heterocycles. The Labute approximate surface area is 168 Å². The Morgan fingerprint density at radius 3 is 2.25 bits per heavy atom. The third-order valence-corrected chi connectivity index (χ3v) is 6.85. The van der Waals surface area contributed by atoms with Crippen molar-refractivity contribution in [1.82, 2.24) is 9.80 Å². The van der Waals surface area contributed by atoms with Crippen molar-refractivity contribution in [2.24, 2.45) is 5.92 Å². The van der Waals surface area contributed by atoms with Gasteiger partial charge in [0.25, 0.3) is 0 Å². The second-order valence-corrected chi connectivity index (χ2v) is 8.67. The van der Waals surface area contributed by atoms with Crippen molar-refractivity contribution in [2.75, 3.05) is 26.2 Å². The molecule has 0 aromatic heterocycles. The topological polar surface area (TPSA) is 32.8 Å². The minimum atomic E-state index is -0.278. The Bertz CT molecular complexity index is 646. The average molecular weight is 389 g/mol. The molecule has 28 heavy (non-hydrogen) atoms. The molecule has 3 aliphatic rings. The van der Waals surface area contributed by atoms with E-state index >= 15 is 0 Å². The number of halogens is 1. The predicted molar refractivity (Wildman–Crippen MR) is 108 cm³/mol. The molecule has 4 nitrogen and oxygen atoms in total. The second kappa shape index (κ2) is 9.25. The number of hydrogen-bond acceptors (Lipinski definition) is 3. The van der Waals surface area contributed by atoms with E-state index < -0.39 is 0 Å². The summed E-state index contributed by atoms with van der Waals surface area (Å²) in [7, 11) is 0. The van der Waals surface area contributed by atoms with Gasteiger partial charge in [0.15, 0.2) is 11.6 Å². The molecule has 0 radical (unpaired) electrons. The van der Waals surface area contributed by atoms with Gasteiger partial charge in [0.1, 0.15) is 6.10 Å². The van der Waals surface area contributed by atoms with Gasteiger partial charge in [-0.1, -0.05) is 31.4 Å². The molecular weight excluding hydrogens is 355 g/mol. The van der Waals surface area contributed by atoms with Gasteiger partial charge in [-0.3, -0.25) is 9.69 Å². The van der Waals surface area contributed by atoms with Gasteiger partial charge in [0.2, 0.25) is 5.91 Å². The van der Waals surface area contributed by atoms with Crippen LogP contribution in [-0.4, -0.2) is 54.0 Å². The van der Waals surface area contributed by atoms with Crippen LogP contribution < -0.4 is 4.74 Å². The summed E-state index contributed by atoms with van der Waals surface area (Å²) in [6, 6.07) is 7.24. The van der Waals surface area contributed by atoms with Crippen LogP contribution in [0.5, 0.6) is 5.75 Å². The maximum Gasteiger partial charge on any atom is 0.225 e. The van der Waals surface area contributed by atoms with E-state index in [0.29, 0.717) is 17.7 Å². The third kappa shape index (κ3) is 4.68. The SMILES string of the molecule is O=C(C1CCCCC1)N1CCC(N2CCC(Oc3ccccc3F)CC2)CC1. The Morgan fingerprint density at radius 2 is 1.57 bits per heavy atom. The van der Waals surface area contributed by atoms with Gasteiger partial charge in [-0.2, -0.15) is 0 Å². The normalized spacial score (nSPS) is 23.7. The molecule has 1 saturated carbocycles. The number of para-hydroxylation sites is 1. The zero-order valence-corrected chi connectivity index (χ0v) is 16.8. The van der Waals surface area contributed by atoms with Crippen LogP contribution in [-0.2, 0) is 4.79 Å². The van der Waals surface area contributed by atoms with Crippen molar-refractivity contribution >= 4 is 5.91 Å². The van der Waals surface area contributed by atoms with E-state index in [4.69, 9.17) is 4.74 Å². The van der Waals surface area contributed by atoms with Gasteiger partial charge >= 0.3 is 0 Å². The van der Waals surface area contributed by atoms with Crippen molar-refractivity contribution < 1.29 is 13.9 Å². The summed E-state index contributed by atoms with van der Waals surface area (Å²) in [6.07, 6.45) is 10.1. The van der Waals surface area contributed by atoms with Crippen LogP contribution in [0, 0.1) is 11.7 Å². The number of ether oxygens (including phenoxy) is 1. The summed E-state index contributed by atoms with van der Waals surface area (Å²) in [4.78, 5) is 17.4. The van der Waals surface area contributed by atoms with Crippen LogP contribution in [0.2, 0.25) is 0 Å². The number of carbonyl (C=O) groups excluding carboxylic acids is 1. The largest absolute Gasteiger partial charge is 0.487 e. The van der Waals surface area contributed by atoms with Crippen LogP contribution in [0.4, 0.5) is 4.39 Å². The number of rotatable bonds is 4. The first kappa shape index (κ1) is 19.7. The molecule has 3 fully saturated rings. The fraction of sp³-hybridized carbons (Fsp3) is 0.696. The highest BCUT2D eigenvalue weighted by atomic mass is 19.1. The lowest BCUT2D eigenvalue weighted by Gasteiger charge is -2.42. The number of nitrogens with zero attached hydrogens (tertiary/aromatic N) is 2. The Kier molecular flexibility index (Phi) is 6.50. The first-order valence-electron chi connectivity index (χ1n) is 11.1. The average Bonchev–Trinajstić information content (AvgIpc) is 2.76. The van der Waals surface area contributed by atoms with E-state index in [1.165, 1.54) is 25.3 Å². The summed E-state index contributed by atoms with van der Waals surface area (Å²) >= 11 is 0. The zero-order valence-electron chi connectivity index (χ0n) is 16.8. The maximum atomic E-state index is 13.8. The van der Waals surface area contributed by atoms with E-state index in [-0.39, 0.29) is 17.8 Å². The molecule has 1 amide bonds. The number of amides is 1. The van der Waals surface area contributed by atoms with Crippen LogP contribution in [0.3, 0.4) is 0 Å². The number of benzene rings is 1. The fourth-order valence-electron chi connectivity index (χ4n) is 5.14. The van der Waals surface area contributed by atoms with Crippen molar-refractivity contribution in [3.63, 3.8) is 0 Å². The molecule has 154 valence electrons. The highest BCUT2D eigenvalue weighted by molar-refractivity contribution is 5.79. The summed E-state index contributed by atoms with van der Waals surface area (Å²) in [5.74, 6) is 0.794. The zero-order chi connectivity index (χ0) is 19.3. The molecule has 0 atom stereocenters. The van der Waals surface area contributed by atoms with E-state index in [1.54, 1.807) is 12.1 Å². The highest BCUT2D eigenvalue weighted by Crippen LogP contribution is 2.28. The van der Waals surface area contributed by atoms with Gasteiger partial charge in [-0.05, 0) is 50.7 Å². The molecule has 4 rings (SSSR count). The number of piperidine rings is 2. The van der Waals surface area contributed by atoms with Gasteiger partial charge in [-0.25, -0.2) is 4.39 Å². The monoisotopic (exact) mass is 388 g/mol. The van der Waals surface area contributed by atoms with E-state index in [1.807, 2.05) is 6.07 Å². The molecule has 2 saturated heterocycles. The van der Waals surface area contributed by atoms with Crippen LogP contribution in [0.15, 0.2) is 24.3 Å². The lowest BCUT2D eigenvalue weighted by molar-refractivity contribution is -0.138. The molecule has 0 unspecified atom stereocenters. The smallest absolute Gasteiger partial charge is 0.225 e. The van der Waals surface area contributed by atoms with E-state index in [0.717, 1.165) is 64.7 Å². The summed E-state index contributed by atoms with van der Waals surface area (Å²) in [6.45, 7) is 3.82. The summed E-state index contributed by atoms with van der Waals surface area (Å²) in [5.41, 5.74) is 0. The lowest BCUT2D eigenvalue weighted by Crippen LogP contribution is -2.51. The molecule has 5 heteroatoms. The Balaban J connectivity index is 1.21. The molecule has 2 heterocycles. The molecule has 0 spiro atoms. The minimum absolute atomic E-state index is 0.0983. The molecule has 1 aromatic rings. The van der Waals surface area contributed by atoms with Crippen molar-refractivity contribution in [3.05, 3.63) is 30.1 Å².